The average molecular weight is 706 g/mol. The second kappa shape index (κ2) is 23.5. The summed E-state index contributed by atoms with van der Waals surface area (Å²) >= 11 is 0. The van der Waals surface area contributed by atoms with Crippen LogP contribution in [0.5, 0.6) is 17.2 Å². The van der Waals surface area contributed by atoms with Gasteiger partial charge in [-0.25, -0.2) is 14.4 Å². The molecule has 7 nitrogen and oxygen atoms in total. The van der Waals surface area contributed by atoms with Crippen LogP contribution in [0.15, 0.2) is 103 Å². The second-order valence-corrected chi connectivity index (χ2v) is 13.3. The molecule has 276 valence electrons. The Morgan fingerprint density at radius 3 is 1.13 bits per heavy atom. The molecule has 0 saturated carbocycles. The van der Waals surface area contributed by atoms with Crippen molar-refractivity contribution in [2.45, 2.75) is 110 Å². The number of para-hydroxylation sites is 3. The van der Waals surface area contributed by atoms with E-state index in [0.29, 0.717) is 23.7 Å². The van der Waals surface area contributed by atoms with Crippen LogP contribution >= 0.6 is 0 Å². The van der Waals surface area contributed by atoms with Crippen molar-refractivity contribution in [3.8, 4) is 17.2 Å². The molecule has 1 N–H and O–H groups in total. The lowest BCUT2D eigenvalue weighted by molar-refractivity contribution is 0.0674. The molecule has 0 amide bonds. The minimum absolute atomic E-state index is 0.109. The molecule has 4 aromatic carbocycles. The van der Waals surface area contributed by atoms with Crippen molar-refractivity contribution < 1.29 is 28.6 Å². The Hall–Kier alpha value is -4.91. The van der Waals surface area contributed by atoms with Gasteiger partial charge in [-0.05, 0) is 55.0 Å². The minimum atomic E-state index is -0.879. The fourth-order valence-electron chi connectivity index (χ4n) is 6.14. The highest BCUT2D eigenvalue weighted by molar-refractivity contribution is 6.12. The summed E-state index contributed by atoms with van der Waals surface area (Å²) in [5, 5.41) is 3.36. The quantitative estimate of drug-likeness (QED) is 0.0441. The Kier molecular flexibility index (Phi) is 18.1. The minimum Gasteiger partial charge on any atom is -0.423 e. The highest BCUT2D eigenvalue weighted by Crippen LogP contribution is 2.27. The summed E-state index contributed by atoms with van der Waals surface area (Å²) < 4.78 is 17.0. The number of hydrogen-bond acceptors (Lipinski definition) is 7. The van der Waals surface area contributed by atoms with Gasteiger partial charge in [0.25, 0.3) is 0 Å². The Morgan fingerprint density at radius 2 is 0.769 bits per heavy atom. The van der Waals surface area contributed by atoms with Crippen molar-refractivity contribution in [3.05, 3.63) is 120 Å². The summed E-state index contributed by atoms with van der Waals surface area (Å²) in [5.41, 5.74) is 0.0412. The fraction of sp³-hybridized carbons (Fsp3) is 0.400. The van der Waals surface area contributed by atoms with Crippen molar-refractivity contribution in [2.24, 2.45) is 0 Å². The Labute approximate surface area is 310 Å². The summed E-state index contributed by atoms with van der Waals surface area (Å²) in [5.74, 6) is -1.61. The SMILES string of the molecule is CCCCCCCCCCCCCCCCCCNc1cc(C(=O)Oc2ccccc2)c(C(=O)Oc2ccccc2)c(C(=O)Oc2ccccc2)c1. The number of esters is 3. The van der Waals surface area contributed by atoms with E-state index in [0.717, 1.165) is 19.3 Å². The van der Waals surface area contributed by atoms with Crippen LogP contribution in [0.25, 0.3) is 0 Å². The number of anilines is 1. The van der Waals surface area contributed by atoms with Gasteiger partial charge in [0.1, 0.15) is 17.2 Å². The molecule has 0 aromatic heterocycles. The maximum atomic E-state index is 13.7. The molecule has 0 bridgehead atoms. The number of rotatable bonds is 24. The van der Waals surface area contributed by atoms with Gasteiger partial charge >= 0.3 is 17.9 Å². The topological polar surface area (TPSA) is 90.9 Å². The van der Waals surface area contributed by atoms with Crippen molar-refractivity contribution in [2.75, 3.05) is 11.9 Å². The van der Waals surface area contributed by atoms with Gasteiger partial charge in [0.15, 0.2) is 0 Å². The van der Waals surface area contributed by atoms with Gasteiger partial charge in [-0.15, -0.1) is 0 Å². The molecule has 52 heavy (non-hydrogen) atoms. The van der Waals surface area contributed by atoms with E-state index in [2.05, 4.69) is 12.2 Å². The molecule has 0 heterocycles. The standard InChI is InChI=1S/C45H55NO6/c1-2-3-4-5-6-7-8-9-10-11-12-13-14-15-16-26-33-46-36-34-40(43(47)50-37-27-20-17-21-28-37)42(45(49)52-39-31-24-19-25-32-39)41(35-36)44(48)51-38-29-22-18-23-30-38/h17-25,27-32,34-35,46H,2-16,26,33H2,1H3. The first-order valence-corrected chi connectivity index (χ1v) is 19.3. The monoisotopic (exact) mass is 705 g/mol. The Morgan fingerprint density at radius 1 is 0.442 bits per heavy atom. The maximum absolute atomic E-state index is 13.7. The zero-order chi connectivity index (χ0) is 36.6. The van der Waals surface area contributed by atoms with E-state index < -0.39 is 17.9 Å². The summed E-state index contributed by atoms with van der Waals surface area (Å²) in [6.07, 6.45) is 20.6. The van der Waals surface area contributed by atoms with Crippen LogP contribution in [0, 0.1) is 0 Å². The number of carbonyl (C=O) groups excluding carboxylic acids is 3. The number of ether oxygens (including phenoxy) is 3. The van der Waals surface area contributed by atoms with Crippen molar-refractivity contribution >= 4 is 23.6 Å². The van der Waals surface area contributed by atoms with Crippen molar-refractivity contribution in [1.82, 2.24) is 0 Å². The molecule has 0 radical (unpaired) electrons. The first-order chi connectivity index (χ1) is 25.5. The fourth-order valence-corrected chi connectivity index (χ4v) is 6.14. The van der Waals surface area contributed by atoms with Crippen LogP contribution in [0.4, 0.5) is 5.69 Å². The molecule has 0 unspecified atom stereocenters. The van der Waals surface area contributed by atoms with Crippen LogP contribution in [-0.4, -0.2) is 24.5 Å². The predicted molar refractivity (Wildman–Crippen MR) is 209 cm³/mol. The normalized spacial score (nSPS) is 10.8. The van der Waals surface area contributed by atoms with E-state index in [4.69, 9.17) is 14.2 Å². The van der Waals surface area contributed by atoms with Gasteiger partial charge < -0.3 is 19.5 Å². The van der Waals surface area contributed by atoms with Crippen molar-refractivity contribution in [1.29, 1.82) is 0 Å². The average Bonchev–Trinajstić information content (AvgIpc) is 3.16. The molecule has 0 aliphatic rings. The van der Waals surface area contributed by atoms with Crippen LogP contribution in [-0.2, 0) is 0 Å². The zero-order valence-corrected chi connectivity index (χ0v) is 30.8. The maximum Gasteiger partial charge on any atom is 0.345 e. The van der Waals surface area contributed by atoms with Crippen LogP contribution in [0.2, 0.25) is 0 Å². The number of nitrogens with one attached hydrogen (secondary N) is 1. The lowest BCUT2D eigenvalue weighted by atomic mass is 9.99. The van der Waals surface area contributed by atoms with E-state index in [1.807, 2.05) is 0 Å². The molecule has 4 aromatic rings. The molecule has 4 rings (SSSR count). The molecule has 7 heteroatoms. The third kappa shape index (κ3) is 14.4. The second-order valence-electron chi connectivity index (χ2n) is 13.3. The first kappa shape index (κ1) is 39.9. The van der Waals surface area contributed by atoms with Gasteiger partial charge in [-0.2, -0.15) is 0 Å². The lowest BCUT2D eigenvalue weighted by Gasteiger charge is -2.16. The van der Waals surface area contributed by atoms with Gasteiger partial charge in [0, 0.05) is 12.2 Å². The van der Waals surface area contributed by atoms with Crippen molar-refractivity contribution in [3.63, 3.8) is 0 Å². The zero-order valence-electron chi connectivity index (χ0n) is 30.8. The summed E-state index contributed by atoms with van der Waals surface area (Å²) in [7, 11) is 0. The molecule has 0 atom stereocenters. The molecule has 0 fully saturated rings. The van der Waals surface area contributed by atoms with Crippen LogP contribution < -0.4 is 19.5 Å². The molecule has 0 spiro atoms. The molecule has 0 aliphatic carbocycles. The van der Waals surface area contributed by atoms with E-state index in [1.54, 1.807) is 103 Å². The molecular formula is C45H55NO6. The third-order valence-electron chi connectivity index (χ3n) is 9.00. The number of hydrogen-bond donors (Lipinski definition) is 1. The van der Waals surface area contributed by atoms with Crippen LogP contribution in [0.1, 0.15) is 141 Å². The summed E-state index contributed by atoms with van der Waals surface area (Å²) in [4.78, 5) is 41.1. The van der Waals surface area contributed by atoms with Gasteiger partial charge in [0.05, 0.1) is 16.7 Å². The highest BCUT2D eigenvalue weighted by Gasteiger charge is 2.30. The molecular weight excluding hydrogens is 650 g/mol. The van der Waals surface area contributed by atoms with Gasteiger partial charge in [-0.1, -0.05) is 158 Å². The predicted octanol–water partition coefficient (Wildman–Crippen LogP) is 12.0. The molecule has 0 aliphatic heterocycles. The van der Waals surface area contributed by atoms with Gasteiger partial charge in [0.2, 0.25) is 0 Å². The third-order valence-corrected chi connectivity index (χ3v) is 9.00. The highest BCUT2D eigenvalue weighted by atomic mass is 16.5. The Bertz CT molecular complexity index is 1550. The molecule has 0 saturated heterocycles. The number of carbonyl (C=O) groups is 3. The van der Waals surface area contributed by atoms with E-state index >= 15 is 0 Å². The van der Waals surface area contributed by atoms with E-state index in [1.165, 1.54) is 83.5 Å². The van der Waals surface area contributed by atoms with E-state index in [9.17, 15) is 14.4 Å². The summed E-state index contributed by atoms with van der Waals surface area (Å²) in [6.45, 7) is 2.90. The van der Waals surface area contributed by atoms with E-state index in [-0.39, 0.29) is 22.4 Å². The van der Waals surface area contributed by atoms with Crippen LogP contribution in [0.3, 0.4) is 0 Å². The first-order valence-electron chi connectivity index (χ1n) is 19.3. The summed E-state index contributed by atoms with van der Waals surface area (Å²) in [6, 6.07) is 28.7. The number of benzene rings is 4. The lowest BCUT2D eigenvalue weighted by Crippen LogP contribution is -2.24. The Balaban J connectivity index is 1.37. The smallest absolute Gasteiger partial charge is 0.345 e. The largest absolute Gasteiger partial charge is 0.423 e. The number of unbranched alkanes of at least 4 members (excludes halogenated alkanes) is 15. The van der Waals surface area contributed by atoms with Gasteiger partial charge in [-0.3, -0.25) is 0 Å².